The van der Waals surface area contributed by atoms with E-state index in [0.29, 0.717) is 10.8 Å². The molecule has 2 rings (SSSR count). The minimum absolute atomic E-state index is 0. The molecule has 0 amide bonds. The largest absolute Gasteiger partial charge is 0.356 e. The fourth-order valence-electron chi connectivity index (χ4n) is 2.80. The summed E-state index contributed by atoms with van der Waals surface area (Å²) in [4.78, 5) is 4.60. The first-order valence-corrected chi connectivity index (χ1v) is 11.1. The molecule has 0 spiro atoms. The summed E-state index contributed by atoms with van der Waals surface area (Å²) < 4.78 is 23.0. The lowest BCUT2D eigenvalue weighted by Gasteiger charge is -2.15. The maximum Gasteiger partial charge on any atom is 0.190 e. The van der Waals surface area contributed by atoms with E-state index in [1.807, 2.05) is 18.2 Å². The van der Waals surface area contributed by atoms with E-state index in [9.17, 15) is 8.42 Å². The Morgan fingerprint density at radius 2 is 1.61 bits per heavy atom. The molecule has 2 N–H and O–H groups in total. The van der Waals surface area contributed by atoms with Crippen molar-refractivity contribution in [1.29, 1.82) is 0 Å². The molecule has 0 saturated heterocycles. The lowest BCUT2D eigenvalue weighted by molar-refractivity contribution is 0.602. The molecule has 1 unspecified atom stereocenters. The first-order chi connectivity index (χ1) is 12.9. The van der Waals surface area contributed by atoms with Crippen molar-refractivity contribution in [2.45, 2.75) is 30.6 Å². The average Bonchev–Trinajstić information content (AvgIpc) is 2.67. The van der Waals surface area contributed by atoms with Gasteiger partial charge in [-0.05, 0) is 42.0 Å². The zero-order valence-corrected chi connectivity index (χ0v) is 19.8. The third-order valence-electron chi connectivity index (χ3n) is 4.52. The zero-order chi connectivity index (χ0) is 19.7. The second-order valence-electron chi connectivity index (χ2n) is 6.69. The van der Waals surface area contributed by atoms with Crippen LogP contribution in [0, 0.1) is 0 Å². The summed E-state index contributed by atoms with van der Waals surface area (Å²) in [6.45, 7) is 3.80. The second-order valence-corrected chi connectivity index (χ2v) is 8.71. The molecule has 2 aromatic carbocycles. The van der Waals surface area contributed by atoms with Crippen molar-refractivity contribution in [3.8, 4) is 0 Å². The van der Waals surface area contributed by atoms with Crippen LogP contribution in [-0.2, 0) is 16.3 Å². The van der Waals surface area contributed by atoms with Crippen LogP contribution in [-0.4, -0.2) is 40.8 Å². The maximum atomic E-state index is 11.5. The van der Waals surface area contributed by atoms with Crippen LogP contribution in [0.25, 0.3) is 0 Å². The number of nitrogens with zero attached hydrogens (tertiary/aromatic N) is 1. The van der Waals surface area contributed by atoms with E-state index in [-0.39, 0.29) is 24.0 Å². The molecule has 28 heavy (non-hydrogen) atoms. The van der Waals surface area contributed by atoms with Crippen LogP contribution in [0.2, 0.25) is 0 Å². The van der Waals surface area contributed by atoms with Crippen molar-refractivity contribution < 1.29 is 8.42 Å². The Morgan fingerprint density at radius 3 is 2.18 bits per heavy atom. The molecule has 0 radical (unpaired) electrons. The SMILES string of the molecule is CN=C(NCCc1ccc(S(C)(=O)=O)cc1)NCCC(C)c1ccccc1.I. The fraction of sp³-hybridized carbons (Fsp3) is 0.381. The molecule has 0 aromatic heterocycles. The van der Waals surface area contributed by atoms with Crippen LogP contribution in [0.15, 0.2) is 64.5 Å². The van der Waals surface area contributed by atoms with Gasteiger partial charge >= 0.3 is 0 Å². The molecule has 0 heterocycles. The molecular formula is C21H30IN3O2S. The van der Waals surface area contributed by atoms with Crippen molar-refractivity contribution in [2.75, 3.05) is 26.4 Å². The van der Waals surface area contributed by atoms with Crippen LogP contribution in [0.5, 0.6) is 0 Å². The standard InChI is InChI=1S/C21H29N3O2S.HI/c1-17(19-7-5-4-6-8-19)13-15-23-21(22-2)24-16-14-18-9-11-20(12-10-18)27(3,25)26;/h4-12,17H,13-16H2,1-3H3,(H2,22,23,24);1H. The third-order valence-corrected chi connectivity index (χ3v) is 5.65. The Hall–Kier alpha value is -1.61. The Bertz CT molecular complexity index is 838. The quantitative estimate of drug-likeness (QED) is 0.320. The first kappa shape index (κ1) is 24.4. The maximum absolute atomic E-state index is 11.5. The van der Waals surface area contributed by atoms with Gasteiger partial charge in [0.15, 0.2) is 15.8 Å². The molecule has 0 saturated carbocycles. The number of nitrogens with one attached hydrogen (secondary N) is 2. The Morgan fingerprint density at radius 1 is 1.00 bits per heavy atom. The van der Waals surface area contributed by atoms with Gasteiger partial charge in [-0.1, -0.05) is 49.4 Å². The van der Waals surface area contributed by atoms with E-state index in [0.717, 1.165) is 37.5 Å². The summed E-state index contributed by atoms with van der Waals surface area (Å²) in [6.07, 6.45) is 3.04. The van der Waals surface area contributed by atoms with Crippen molar-refractivity contribution >= 4 is 39.8 Å². The van der Waals surface area contributed by atoms with Gasteiger partial charge in [-0.15, -0.1) is 24.0 Å². The summed E-state index contributed by atoms with van der Waals surface area (Å²) in [6, 6.07) is 17.5. The highest BCUT2D eigenvalue weighted by Crippen LogP contribution is 2.17. The number of sulfone groups is 1. The highest BCUT2D eigenvalue weighted by atomic mass is 127. The number of aliphatic imine (C=N–C) groups is 1. The molecule has 0 aliphatic carbocycles. The van der Waals surface area contributed by atoms with E-state index in [2.05, 4.69) is 46.8 Å². The Kier molecular flexibility index (Phi) is 10.5. The highest BCUT2D eigenvalue weighted by Gasteiger charge is 2.07. The summed E-state index contributed by atoms with van der Waals surface area (Å²) >= 11 is 0. The number of halogens is 1. The highest BCUT2D eigenvalue weighted by molar-refractivity contribution is 14.0. The molecule has 5 nitrogen and oxygen atoms in total. The number of benzene rings is 2. The van der Waals surface area contributed by atoms with Gasteiger partial charge < -0.3 is 10.6 Å². The number of guanidine groups is 1. The topological polar surface area (TPSA) is 70.6 Å². The predicted molar refractivity (Wildman–Crippen MR) is 128 cm³/mol. The number of hydrogen-bond donors (Lipinski definition) is 2. The van der Waals surface area contributed by atoms with Crippen LogP contribution in [0.4, 0.5) is 0 Å². The molecule has 7 heteroatoms. The van der Waals surface area contributed by atoms with Crippen LogP contribution < -0.4 is 10.6 Å². The van der Waals surface area contributed by atoms with Gasteiger partial charge in [0.05, 0.1) is 4.90 Å². The molecule has 2 aromatic rings. The molecular weight excluding hydrogens is 485 g/mol. The van der Waals surface area contributed by atoms with Crippen LogP contribution in [0.1, 0.15) is 30.4 Å². The summed E-state index contributed by atoms with van der Waals surface area (Å²) in [5, 5.41) is 6.64. The molecule has 0 fully saturated rings. The Balaban J connectivity index is 0.00000392. The number of hydrogen-bond acceptors (Lipinski definition) is 3. The second kappa shape index (κ2) is 12.1. The van der Waals surface area contributed by atoms with E-state index in [4.69, 9.17) is 0 Å². The van der Waals surface area contributed by atoms with Crippen molar-refractivity contribution in [2.24, 2.45) is 4.99 Å². The minimum atomic E-state index is -3.14. The van der Waals surface area contributed by atoms with Gasteiger partial charge in [0.25, 0.3) is 0 Å². The lowest BCUT2D eigenvalue weighted by Crippen LogP contribution is -2.39. The predicted octanol–water partition coefficient (Wildman–Crippen LogP) is 3.61. The van der Waals surface area contributed by atoms with Gasteiger partial charge in [-0.2, -0.15) is 0 Å². The monoisotopic (exact) mass is 515 g/mol. The molecule has 0 aliphatic rings. The number of rotatable bonds is 8. The van der Waals surface area contributed by atoms with E-state index in [1.54, 1.807) is 19.2 Å². The van der Waals surface area contributed by atoms with Gasteiger partial charge in [0, 0.05) is 26.4 Å². The molecule has 0 aliphatic heterocycles. The van der Waals surface area contributed by atoms with Crippen molar-refractivity contribution in [3.63, 3.8) is 0 Å². The van der Waals surface area contributed by atoms with Crippen LogP contribution in [0.3, 0.4) is 0 Å². The third kappa shape index (κ3) is 8.18. The Labute approximate surface area is 186 Å². The van der Waals surface area contributed by atoms with E-state index in [1.165, 1.54) is 11.8 Å². The lowest BCUT2D eigenvalue weighted by atomic mass is 9.98. The molecule has 0 bridgehead atoms. The zero-order valence-electron chi connectivity index (χ0n) is 16.7. The normalized spacial score (nSPS) is 12.8. The smallest absolute Gasteiger partial charge is 0.190 e. The average molecular weight is 515 g/mol. The summed E-state index contributed by atoms with van der Waals surface area (Å²) in [7, 11) is -1.38. The first-order valence-electron chi connectivity index (χ1n) is 9.18. The van der Waals surface area contributed by atoms with E-state index < -0.39 is 9.84 Å². The molecule has 154 valence electrons. The van der Waals surface area contributed by atoms with Gasteiger partial charge in [0.2, 0.25) is 0 Å². The van der Waals surface area contributed by atoms with Crippen LogP contribution >= 0.6 is 24.0 Å². The van der Waals surface area contributed by atoms with Crippen molar-refractivity contribution in [1.82, 2.24) is 10.6 Å². The van der Waals surface area contributed by atoms with Gasteiger partial charge in [-0.25, -0.2) is 8.42 Å². The fourth-order valence-corrected chi connectivity index (χ4v) is 3.43. The van der Waals surface area contributed by atoms with Gasteiger partial charge in [-0.3, -0.25) is 4.99 Å². The van der Waals surface area contributed by atoms with Crippen molar-refractivity contribution in [3.05, 3.63) is 65.7 Å². The molecule has 1 atom stereocenters. The van der Waals surface area contributed by atoms with Gasteiger partial charge in [0.1, 0.15) is 0 Å². The summed E-state index contributed by atoms with van der Waals surface area (Å²) in [5.41, 5.74) is 2.43. The van der Waals surface area contributed by atoms with E-state index >= 15 is 0 Å². The minimum Gasteiger partial charge on any atom is -0.356 e. The summed E-state index contributed by atoms with van der Waals surface area (Å²) in [5.74, 6) is 1.27.